The predicted octanol–water partition coefficient (Wildman–Crippen LogP) is -0.614. The number of nitrogens with one attached hydrogen (secondary N) is 1. The van der Waals surface area contributed by atoms with E-state index in [9.17, 15) is 9.59 Å². The van der Waals surface area contributed by atoms with Gasteiger partial charge in [-0.25, -0.2) is 0 Å². The molecular formula is C11H20N2O4. The minimum absolute atomic E-state index is 0.00576. The highest BCUT2D eigenvalue weighted by Gasteiger charge is 2.24. The second-order valence-electron chi connectivity index (χ2n) is 3.96. The maximum Gasteiger partial charge on any atom is 0.308 e. The third kappa shape index (κ3) is 5.14. The first kappa shape index (κ1) is 13.9. The molecule has 0 bridgehead atoms. The van der Waals surface area contributed by atoms with E-state index in [0.29, 0.717) is 26.2 Å². The van der Waals surface area contributed by atoms with Gasteiger partial charge in [0, 0.05) is 19.6 Å². The zero-order valence-corrected chi connectivity index (χ0v) is 10.4. The first-order valence-corrected chi connectivity index (χ1v) is 5.83. The maximum absolute atomic E-state index is 11.4. The van der Waals surface area contributed by atoms with Crippen LogP contribution >= 0.6 is 0 Å². The van der Waals surface area contributed by atoms with Crippen LogP contribution in [0.1, 0.15) is 13.3 Å². The van der Waals surface area contributed by atoms with Crippen LogP contribution in [0.2, 0.25) is 0 Å². The second kappa shape index (κ2) is 7.24. The molecule has 1 heterocycles. The van der Waals surface area contributed by atoms with Gasteiger partial charge in [-0.1, -0.05) is 0 Å². The Hall–Kier alpha value is -1.14. The Labute approximate surface area is 101 Å². The van der Waals surface area contributed by atoms with E-state index in [1.807, 2.05) is 11.8 Å². The van der Waals surface area contributed by atoms with Gasteiger partial charge in [0.1, 0.15) is 0 Å². The van der Waals surface area contributed by atoms with E-state index in [4.69, 9.17) is 4.74 Å². The molecule has 0 aromatic carbocycles. The van der Waals surface area contributed by atoms with Crippen LogP contribution in [0.25, 0.3) is 0 Å². The number of morpholine rings is 1. The van der Waals surface area contributed by atoms with Crippen molar-refractivity contribution in [1.82, 2.24) is 10.2 Å². The topological polar surface area (TPSA) is 67.9 Å². The fourth-order valence-electron chi connectivity index (χ4n) is 1.77. The number of hydrogen-bond acceptors (Lipinski definition) is 5. The van der Waals surface area contributed by atoms with Crippen LogP contribution in [-0.4, -0.2) is 62.8 Å². The molecule has 1 rings (SSSR count). The van der Waals surface area contributed by atoms with Crippen molar-refractivity contribution < 1.29 is 19.1 Å². The Morgan fingerprint density at radius 1 is 1.53 bits per heavy atom. The van der Waals surface area contributed by atoms with Crippen LogP contribution in [0.4, 0.5) is 0 Å². The van der Waals surface area contributed by atoms with Gasteiger partial charge in [0.25, 0.3) is 0 Å². The Morgan fingerprint density at radius 3 is 2.94 bits per heavy atom. The minimum Gasteiger partial charge on any atom is -0.469 e. The van der Waals surface area contributed by atoms with Gasteiger partial charge in [0.2, 0.25) is 5.91 Å². The zero-order valence-electron chi connectivity index (χ0n) is 10.4. The van der Waals surface area contributed by atoms with Crippen LogP contribution < -0.4 is 5.32 Å². The monoisotopic (exact) mass is 244 g/mol. The molecule has 0 spiro atoms. The summed E-state index contributed by atoms with van der Waals surface area (Å²) in [6, 6.07) is 0. The van der Waals surface area contributed by atoms with Crippen LogP contribution in [-0.2, 0) is 19.1 Å². The number of ether oxygens (including phenoxy) is 2. The molecule has 17 heavy (non-hydrogen) atoms. The first-order chi connectivity index (χ1) is 8.15. The average Bonchev–Trinajstić information content (AvgIpc) is 2.29. The highest BCUT2D eigenvalue weighted by Crippen LogP contribution is 2.08. The molecule has 0 aromatic heterocycles. The van der Waals surface area contributed by atoms with Gasteiger partial charge < -0.3 is 14.8 Å². The van der Waals surface area contributed by atoms with Gasteiger partial charge in [-0.3, -0.25) is 14.5 Å². The number of carbonyl (C=O) groups excluding carboxylic acids is 2. The van der Waals surface area contributed by atoms with Crippen LogP contribution in [0.3, 0.4) is 0 Å². The minimum atomic E-state index is -0.283. The van der Waals surface area contributed by atoms with E-state index in [0.717, 1.165) is 6.54 Å². The van der Waals surface area contributed by atoms with Crippen molar-refractivity contribution in [3.8, 4) is 0 Å². The smallest absolute Gasteiger partial charge is 0.308 e. The summed E-state index contributed by atoms with van der Waals surface area (Å²) >= 11 is 0. The first-order valence-electron chi connectivity index (χ1n) is 5.83. The highest BCUT2D eigenvalue weighted by atomic mass is 16.5. The summed E-state index contributed by atoms with van der Waals surface area (Å²) in [6.07, 6.45) is 0.0631. The van der Waals surface area contributed by atoms with Crippen LogP contribution in [0, 0.1) is 0 Å². The summed E-state index contributed by atoms with van der Waals surface area (Å²) in [7, 11) is 1.36. The molecular weight excluding hydrogens is 224 g/mol. The number of likely N-dealkylation sites (N-methyl/N-ethyl adjacent to an activating group) is 1. The number of nitrogens with zero attached hydrogens (tertiary/aromatic N) is 1. The van der Waals surface area contributed by atoms with E-state index < -0.39 is 0 Å². The van der Waals surface area contributed by atoms with E-state index in [1.165, 1.54) is 7.11 Å². The molecule has 0 radical (unpaired) electrons. The standard InChI is InChI=1S/C11H20N2O4/c1-3-12-10(14)8-13-4-5-17-9(7-13)6-11(15)16-2/h9H,3-8H2,1-2H3,(H,12,14). The molecule has 1 unspecified atom stereocenters. The SMILES string of the molecule is CCNC(=O)CN1CCOC(CC(=O)OC)C1. The summed E-state index contributed by atoms with van der Waals surface area (Å²) in [5, 5.41) is 2.75. The Balaban J connectivity index is 2.33. The molecule has 1 saturated heterocycles. The van der Waals surface area contributed by atoms with Gasteiger partial charge in [-0.05, 0) is 6.92 Å². The molecule has 1 N–H and O–H groups in total. The lowest BCUT2D eigenvalue weighted by molar-refractivity contribution is -0.145. The van der Waals surface area contributed by atoms with Gasteiger partial charge in [0.15, 0.2) is 0 Å². The van der Waals surface area contributed by atoms with Gasteiger partial charge in [-0.15, -0.1) is 0 Å². The number of methoxy groups -OCH3 is 1. The molecule has 6 nitrogen and oxygen atoms in total. The largest absolute Gasteiger partial charge is 0.469 e. The van der Waals surface area contributed by atoms with E-state index >= 15 is 0 Å². The quantitative estimate of drug-likeness (QED) is 0.653. The third-order valence-electron chi connectivity index (χ3n) is 2.59. The lowest BCUT2D eigenvalue weighted by Crippen LogP contribution is -2.47. The molecule has 1 amide bonds. The average molecular weight is 244 g/mol. The molecule has 0 aromatic rings. The second-order valence-corrected chi connectivity index (χ2v) is 3.96. The van der Waals surface area contributed by atoms with Crippen LogP contribution in [0.15, 0.2) is 0 Å². The van der Waals surface area contributed by atoms with Gasteiger partial charge in [0.05, 0.1) is 32.8 Å². The number of hydrogen-bond donors (Lipinski definition) is 1. The van der Waals surface area contributed by atoms with Crippen molar-refractivity contribution in [3.63, 3.8) is 0 Å². The predicted molar refractivity (Wildman–Crippen MR) is 61.5 cm³/mol. The molecule has 0 saturated carbocycles. The Kier molecular flexibility index (Phi) is 5.93. The van der Waals surface area contributed by atoms with Crippen molar-refractivity contribution in [2.45, 2.75) is 19.4 Å². The number of carbonyl (C=O) groups is 2. The fraction of sp³-hybridized carbons (Fsp3) is 0.818. The van der Waals surface area contributed by atoms with E-state index in [1.54, 1.807) is 0 Å². The van der Waals surface area contributed by atoms with Crippen molar-refractivity contribution in [3.05, 3.63) is 0 Å². The summed E-state index contributed by atoms with van der Waals surface area (Å²) < 4.78 is 10.0. The number of esters is 1. The van der Waals surface area contributed by atoms with Gasteiger partial charge in [-0.2, -0.15) is 0 Å². The normalized spacial score (nSPS) is 20.9. The number of rotatable bonds is 5. The number of amides is 1. The maximum atomic E-state index is 11.4. The molecule has 1 aliphatic rings. The van der Waals surface area contributed by atoms with E-state index in [2.05, 4.69) is 10.1 Å². The lowest BCUT2D eigenvalue weighted by atomic mass is 10.2. The summed E-state index contributed by atoms with van der Waals surface area (Å²) in [5.74, 6) is -0.277. The molecule has 98 valence electrons. The molecule has 6 heteroatoms. The van der Waals surface area contributed by atoms with Gasteiger partial charge >= 0.3 is 5.97 Å². The summed E-state index contributed by atoms with van der Waals surface area (Å²) in [5.41, 5.74) is 0. The lowest BCUT2D eigenvalue weighted by Gasteiger charge is -2.31. The summed E-state index contributed by atoms with van der Waals surface area (Å²) in [4.78, 5) is 24.5. The van der Waals surface area contributed by atoms with Crippen molar-refractivity contribution >= 4 is 11.9 Å². The third-order valence-corrected chi connectivity index (χ3v) is 2.59. The van der Waals surface area contributed by atoms with Crippen molar-refractivity contribution in [1.29, 1.82) is 0 Å². The van der Waals surface area contributed by atoms with Crippen LogP contribution in [0.5, 0.6) is 0 Å². The Bertz CT molecular complexity index is 270. The van der Waals surface area contributed by atoms with Crippen molar-refractivity contribution in [2.75, 3.05) is 39.9 Å². The Morgan fingerprint density at radius 2 is 2.29 bits per heavy atom. The highest BCUT2D eigenvalue weighted by molar-refractivity contribution is 5.78. The summed E-state index contributed by atoms with van der Waals surface area (Å²) in [6.45, 7) is 4.73. The molecule has 1 fully saturated rings. The molecule has 0 aliphatic carbocycles. The fourth-order valence-corrected chi connectivity index (χ4v) is 1.77. The molecule has 1 aliphatic heterocycles. The van der Waals surface area contributed by atoms with E-state index in [-0.39, 0.29) is 24.4 Å². The zero-order chi connectivity index (χ0) is 12.7. The van der Waals surface area contributed by atoms with Crippen molar-refractivity contribution in [2.24, 2.45) is 0 Å². The molecule has 1 atom stereocenters.